The van der Waals surface area contributed by atoms with Crippen LogP contribution in [0.3, 0.4) is 0 Å². The standard InChI is InChI=1S/C29H23ClF2N2O2/c1-16-25(29(36)34-28-21(31)8-5-9-22(28)32)26(18-10-12-20(30)13-11-18)27-23(33-16)14-19(15-24(27)35)17-6-3-2-4-7-17/h2-13,19,26,33H,14-15H2,1H3,(H,34,36)/t19-,26-/m0/s1. The second-order valence-corrected chi connectivity index (χ2v) is 9.47. The highest BCUT2D eigenvalue weighted by Gasteiger charge is 2.41. The number of para-hydroxylation sites is 1. The molecule has 1 heterocycles. The number of dihydropyridines is 1. The van der Waals surface area contributed by atoms with Gasteiger partial charge in [-0.05, 0) is 54.7 Å². The number of hydrogen-bond acceptors (Lipinski definition) is 3. The molecule has 0 saturated carbocycles. The van der Waals surface area contributed by atoms with E-state index < -0.39 is 29.1 Å². The maximum atomic E-state index is 14.3. The second kappa shape index (κ2) is 9.70. The third-order valence-corrected chi connectivity index (χ3v) is 7.00. The number of Topliss-reactive ketones (excluding diaryl/α,β-unsaturated/α-hetero) is 1. The fourth-order valence-electron chi connectivity index (χ4n) is 5.09. The number of halogens is 3. The van der Waals surface area contributed by atoms with Gasteiger partial charge >= 0.3 is 0 Å². The SMILES string of the molecule is CC1=C(C(=O)Nc2c(F)cccc2F)[C@H](c2ccc(Cl)cc2)C2=C(C[C@H](c3ccccc3)CC2=O)N1. The molecule has 0 spiro atoms. The van der Waals surface area contributed by atoms with Crippen molar-refractivity contribution >= 4 is 29.0 Å². The summed E-state index contributed by atoms with van der Waals surface area (Å²) in [6.45, 7) is 1.73. The zero-order valence-corrected chi connectivity index (χ0v) is 20.2. The van der Waals surface area contributed by atoms with Gasteiger partial charge in [0, 0.05) is 39.9 Å². The van der Waals surface area contributed by atoms with Crippen molar-refractivity contribution in [2.45, 2.75) is 31.6 Å². The summed E-state index contributed by atoms with van der Waals surface area (Å²) in [6.07, 6.45) is 0.897. The summed E-state index contributed by atoms with van der Waals surface area (Å²) in [5.74, 6) is -3.23. The van der Waals surface area contributed by atoms with Crippen molar-refractivity contribution < 1.29 is 18.4 Å². The average Bonchev–Trinajstić information content (AvgIpc) is 2.86. The Kier molecular flexibility index (Phi) is 6.46. The Morgan fingerprint density at radius 3 is 2.25 bits per heavy atom. The first kappa shape index (κ1) is 23.9. The monoisotopic (exact) mass is 504 g/mol. The lowest BCUT2D eigenvalue weighted by Gasteiger charge is -2.37. The molecule has 0 unspecified atom stereocenters. The quantitative estimate of drug-likeness (QED) is 0.420. The highest BCUT2D eigenvalue weighted by molar-refractivity contribution is 6.30. The van der Waals surface area contributed by atoms with E-state index in [4.69, 9.17) is 11.6 Å². The molecule has 36 heavy (non-hydrogen) atoms. The smallest absolute Gasteiger partial charge is 0.254 e. The number of amides is 1. The normalized spacial score (nSPS) is 19.6. The summed E-state index contributed by atoms with van der Waals surface area (Å²) >= 11 is 6.11. The molecule has 1 amide bonds. The topological polar surface area (TPSA) is 58.2 Å². The van der Waals surface area contributed by atoms with Gasteiger partial charge in [0.15, 0.2) is 5.78 Å². The summed E-state index contributed by atoms with van der Waals surface area (Å²) in [5, 5.41) is 6.17. The molecule has 0 bridgehead atoms. The zero-order valence-electron chi connectivity index (χ0n) is 19.4. The van der Waals surface area contributed by atoms with Crippen LogP contribution in [0.4, 0.5) is 14.5 Å². The molecule has 1 aliphatic carbocycles. The van der Waals surface area contributed by atoms with Crippen LogP contribution in [-0.4, -0.2) is 11.7 Å². The fraction of sp³-hybridized carbons (Fsp3) is 0.172. The lowest BCUT2D eigenvalue weighted by atomic mass is 9.71. The summed E-state index contributed by atoms with van der Waals surface area (Å²) in [4.78, 5) is 27.1. The first-order valence-electron chi connectivity index (χ1n) is 11.6. The molecule has 0 aromatic heterocycles. The van der Waals surface area contributed by atoms with Crippen molar-refractivity contribution in [1.29, 1.82) is 0 Å². The second-order valence-electron chi connectivity index (χ2n) is 9.03. The van der Waals surface area contributed by atoms with E-state index in [0.29, 0.717) is 34.7 Å². The zero-order chi connectivity index (χ0) is 25.4. The van der Waals surface area contributed by atoms with Crippen LogP contribution < -0.4 is 10.6 Å². The van der Waals surface area contributed by atoms with Gasteiger partial charge in [-0.3, -0.25) is 9.59 Å². The van der Waals surface area contributed by atoms with Gasteiger partial charge in [0.05, 0.1) is 0 Å². The van der Waals surface area contributed by atoms with Crippen molar-refractivity contribution in [3.8, 4) is 0 Å². The number of benzene rings is 3. The number of hydrogen-bond donors (Lipinski definition) is 2. The Labute approximate surface area is 212 Å². The number of anilines is 1. The van der Waals surface area contributed by atoms with Crippen LogP contribution in [0.15, 0.2) is 95.3 Å². The van der Waals surface area contributed by atoms with E-state index >= 15 is 0 Å². The van der Waals surface area contributed by atoms with Crippen LogP contribution in [0.1, 0.15) is 42.7 Å². The minimum atomic E-state index is -0.882. The van der Waals surface area contributed by atoms with Crippen LogP contribution in [-0.2, 0) is 9.59 Å². The molecule has 2 atom stereocenters. The Morgan fingerprint density at radius 2 is 1.58 bits per heavy atom. The van der Waals surface area contributed by atoms with E-state index in [-0.39, 0.29) is 17.3 Å². The molecule has 0 saturated heterocycles. The summed E-state index contributed by atoms with van der Waals surface area (Å²) < 4.78 is 28.6. The Hall–Kier alpha value is -3.77. The Bertz CT molecular complexity index is 1390. The molecule has 5 rings (SSSR count). The van der Waals surface area contributed by atoms with Crippen molar-refractivity contribution in [3.63, 3.8) is 0 Å². The Balaban J connectivity index is 1.58. The average molecular weight is 505 g/mol. The van der Waals surface area contributed by atoms with Crippen LogP contribution >= 0.6 is 11.6 Å². The van der Waals surface area contributed by atoms with Gasteiger partial charge in [-0.25, -0.2) is 8.78 Å². The van der Waals surface area contributed by atoms with Gasteiger partial charge in [0.2, 0.25) is 0 Å². The largest absolute Gasteiger partial charge is 0.362 e. The van der Waals surface area contributed by atoms with Crippen molar-refractivity contribution in [2.75, 3.05) is 5.32 Å². The van der Waals surface area contributed by atoms with Gasteiger partial charge in [-0.2, -0.15) is 0 Å². The number of rotatable bonds is 4. The van der Waals surface area contributed by atoms with Crippen molar-refractivity contribution in [1.82, 2.24) is 5.32 Å². The molecule has 3 aromatic carbocycles. The molecule has 4 nitrogen and oxygen atoms in total. The molecule has 3 aromatic rings. The third kappa shape index (κ3) is 4.44. The fourth-order valence-corrected chi connectivity index (χ4v) is 5.21. The summed E-state index contributed by atoms with van der Waals surface area (Å²) in [7, 11) is 0. The summed E-state index contributed by atoms with van der Waals surface area (Å²) in [5.41, 5.74) is 3.23. The molecular formula is C29H23ClF2N2O2. The minimum absolute atomic E-state index is 0.00602. The highest BCUT2D eigenvalue weighted by Crippen LogP contribution is 2.45. The van der Waals surface area contributed by atoms with Crippen molar-refractivity contribution in [3.05, 3.63) is 123 Å². The van der Waals surface area contributed by atoms with Crippen LogP contribution in [0, 0.1) is 11.6 Å². The van der Waals surface area contributed by atoms with Gasteiger partial charge in [-0.15, -0.1) is 0 Å². The number of carbonyl (C=O) groups is 2. The highest BCUT2D eigenvalue weighted by atomic mass is 35.5. The predicted molar refractivity (Wildman–Crippen MR) is 135 cm³/mol. The first-order valence-corrected chi connectivity index (χ1v) is 12.0. The molecule has 2 aliphatic rings. The van der Waals surface area contributed by atoms with Gasteiger partial charge in [-0.1, -0.05) is 60.1 Å². The maximum absolute atomic E-state index is 14.3. The van der Waals surface area contributed by atoms with E-state index in [2.05, 4.69) is 10.6 Å². The van der Waals surface area contributed by atoms with Crippen LogP contribution in [0.25, 0.3) is 0 Å². The molecule has 7 heteroatoms. The van der Waals surface area contributed by atoms with Crippen LogP contribution in [0.5, 0.6) is 0 Å². The maximum Gasteiger partial charge on any atom is 0.254 e. The molecule has 0 fully saturated rings. The molecule has 2 N–H and O–H groups in total. The first-order chi connectivity index (χ1) is 17.3. The van der Waals surface area contributed by atoms with Gasteiger partial charge in [0.25, 0.3) is 5.91 Å². The Morgan fingerprint density at radius 1 is 0.917 bits per heavy atom. The lowest BCUT2D eigenvalue weighted by Crippen LogP contribution is -2.37. The number of carbonyl (C=O) groups excluding carboxylic acids is 2. The van der Waals surface area contributed by atoms with E-state index in [9.17, 15) is 18.4 Å². The third-order valence-electron chi connectivity index (χ3n) is 6.75. The van der Waals surface area contributed by atoms with Gasteiger partial charge in [0.1, 0.15) is 17.3 Å². The van der Waals surface area contributed by atoms with Gasteiger partial charge < -0.3 is 10.6 Å². The predicted octanol–water partition coefficient (Wildman–Crippen LogP) is 6.62. The summed E-state index contributed by atoms with van der Waals surface area (Å²) in [6, 6.07) is 20.1. The number of ketones is 1. The van der Waals surface area contributed by atoms with Crippen molar-refractivity contribution in [2.24, 2.45) is 0 Å². The van der Waals surface area contributed by atoms with E-state index in [1.807, 2.05) is 30.3 Å². The lowest BCUT2D eigenvalue weighted by molar-refractivity contribution is -0.116. The van der Waals surface area contributed by atoms with E-state index in [1.165, 1.54) is 6.07 Å². The molecule has 0 radical (unpaired) electrons. The number of allylic oxidation sites excluding steroid dienone is 3. The molecular weight excluding hydrogens is 482 g/mol. The van der Waals surface area contributed by atoms with Crippen LogP contribution in [0.2, 0.25) is 5.02 Å². The molecule has 1 aliphatic heterocycles. The molecule has 182 valence electrons. The number of nitrogens with one attached hydrogen (secondary N) is 2. The van der Waals surface area contributed by atoms with E-state index in [0.717, 1.165) is 23.4 Å². The van der Waals surface area contributed by atoms with E-state index in [1.54, 1.807) is 31.2 Å². The minimum Gasteiger partial charge on any atom is -0.362 e.